The van der Waals surface area contributed by atoms with Crippen molar-refractivity contribution in [3.05, 3.63) is 104 Å². The van der Waals surface area contributed by atoms with Gasteiger partial charge in [0.05, 0.1) is 38.4 Å². The molecule has 39 heavy (non-hydrogen) atoms. The lowest BCUT2D eigenvalue weighted by molar-refractivity contribution is 0.414. The van der Waals surface area contributed by atoms with E-state index in [4.69, 9.17) is 14.2 Å². The van der Waals surface area contributed by atoms with Gasteiger partial charge in [0.1, 0.15) is 17.2 Å². The predicted molar refractivity (Wildman–Crippen MR) is 145 cm³/mol. The Kier molecular flexibility index (Phi) is 8.27. The van der Waals surface area contributed by atoms with Crippen LogP contribution in [0.4, 0.5) is 22.7 Å². The molecule has 0 saturated carbocycles. The molecule has 0 unspecified atom stereocenters. The van der Waals surface area contributed by atoms with Gasteiger partial charge in [-0.05, 0) is 72.8 Å². The Morgan fingerprint density at radius 1 is 0.590 bits per heavy atom. The van der Waals surface area contributed by atoms with Crippen LogP contribution in [0, 0.1) is 0 Å². The summed E-state index contributed by atoms with van der Waals surface area (Å²) in [4.78, 5) is 26.4. The number of anilines is 2. The van der Waals surface area contributed by atoms with Crippen LogP contribution in [0.1, 0.15) is 0 Å². The number of rotatable bonds is 9. The van der Waals surface area contributed by atoms with Crippen LogP contribution >= 0.6 is 0 Å². The molecule has 0 aliphatic rings. The highest BCUT2D eigenvalue weighted by Gasteiger charge is 2.17. The number of hydrogen-bond acceptors (Lipinski definition) is 12. The number of nitrogens with one attached hydrogen (secondary N) is 2. The molecular weight excluding hydrogens is 504 g/mol. The molecular formula is C27H24N6O6. The van der Waals surface area contributed by atoms with Crippen molar-refractivity contribution in [2.75, 3.05) is 32.2 Å². The van der Waals surface area contributed by atoms with Gasteiger partial charge >= 0.3 is 0 Å². The molecule has 0 fully saturated rings. The van der Waals surface area contributed by atoms with Crippen LogP contribution in [0.15, 0.2) is 103 Å². The van der Waals surface area contributed by atoms with E-state index in [1.165, 1.54) is 21.3 Å². The summed E-state index contributed by atoms with van der Waals surface area (Å²) in [7, 11) is 4.59. The van der Waals surface area contributed by atoms with E-state index < -0.39 is 33.0 Å². The SMILES string of the molecule is COc1ccc(N=Nc2c(O)/c(=N\Nc3ccc(OC)cc3)c(=O)/c(=N\Nc3ccc(OC)cc3)c2=O)cc1. The van der Waals surface area contributed by atoms with E-state index in [0.717, 1.165) is 0 Å². The summed E-state index contributed by atoms with van der Waals surface area (Å²) >= 11 is 0. The second-order valence-corrected chi connectivity index (χ2v) is 7.85. The van der Waals surface area contributed by atoms with E-state index in [2.05, 4.69) is 31.3 Å². The van der Waals surface area contributed by atoms with Crippen molar-refractivity contribution in [1.29, 1.82) is 0 Å². The summed E-state index contributed by atoms with van der Waals surface area (Å²) in [5.41, 5.74) is 4.37. The molecule has 0 radical (unpaired) electrons. The van der Waals surface area contributed by atoms with Crippen LogP contribution in [0.25, 0.3) is 0 Å². The molecule has 4 aromatic carbocycles. The second-order valence-electron chi connectivity index (χ2n) is 7.85. The monoisotopic (exact) mass is 528 g/mol. The maximum atomic E-state index is 13.2. The molecule has 0 aliphatic heterocycles. The normalized spacial score (nSPS) is 12.0. The van der Waals surface area contributed by atoms with E-state index in [-0.39, 0.29) is 0 Å². The number of phenolic OH excluding ortho intramolecular Hbond substituents is 1. The number of methoxy groups -OCH3 is 3. The van der Waals surface area contributed by atoms with Gasteiger partial charge in [-0.15, -0.1) is 5.11 Å². The molecule has 0 saturated heterocycles. The first-order valence-electron chi connectivity index (χ1n) is 11.5. The number of azo groups is 1. The third kappa shape index (κ3) is 6.25. The molecule has 4 rings (SSSR count). The van der Waals surface area contributed by atoms with Gasteiger partial charge in [-0.25, -0.2) is 0 Å². The van der Waals surface area contributed by atoms with Gasteiger partial charge in [0, 0.05) is 0 Å². The van der Waals surface area contributed by atoms with Gasteiger partial charge in [-0.2, -0.15) is 15.3 Å². The maximum absolute atomic E-state index is 13.2. The van der Waals surface area contributed by atoms with Crippen LogP contribution in [0.3, 0.4) is 0 Å². The van der Waals surface area contributed by atoms with Crippen molar-refractivity contribution < 1.29 is 19.3 Å². The number of benzene rings is 4. The zero-order valence-electron chi connectivity index (χ0n) is 21.2. The van der Waals surface area contributed by atoms with Crippen LogP contribution in [-0.4, -0.2) is 26.4 Å². The maximum Gasteiger partial charge on any atom is 0.241 e. The van der Waals surface area contributed by atoms with Crippen molar-refractivity contribution >= 4 is 22.7 Å². The fourth-order valence-corrected chi connectivity index (χ4v) is 3.28. The fraction of sp³-hybridized carbons (Fsp3) is 0.111. The van der Waals surface area contributed by atoms with E-state index in [9.17, 15) is 14.7 Å². The van der Waals surface area contributed by atoms with Gasteiger partial charge in [0.15, 0.2) is 22.2 Å². The van der Waals surface area contributed by atoms with Crippen molar-refractivity contribution in [2.45, 2.75) is 0 Å². The van der Waals surface area contributed by atoms with Crippen molar-refractivity contribution in [3.63, 3.8) is 0 Å². The van der Waals surface area contributed by atoms with E-state index in [1.807, 2.05) is 0 Å². The van der Waals surface area contributed by atoms with Crippen LogP contribution in [0.5, 0.6) is 23.0 Å². The largest absolute Gasteiger partial charge is 0.504 e. The van der Waals surface area contributed by atoms with E-state index in [0.29, 0.717) is 34.3 Å². The Labute approximate surface area is 221 Å². The van der Waals surface area contributed by atoms with Crippen LogP contribution in [0.2, 0.25) is 0 Å². The number of ether oxygens (including phenoxy) is 3. The molecule has 0 bridgehead atoms. The molecule has 0 amide bonds. The summed E-state index contributed by atoms with van der Waals surface area (Å²) in [6.07, 6.45) is 0. The Morgan fingerprint density at radius 2 is 1.03 bits per heavy atom. The number of phenols is 1. The molecule has 12 nitrogen and oxygen atoms in total. The van der Waals surface area contributed by atoms with Gasteiger partial charge in [-0.3, -0.25) is 20.4 Å². The molecule has 198 valence electrons. The summed E-state index contributed by atoms with van der Waals surface area (Å²) in [6, 6.07) is 19.9. The molecule has 0 aromatic heterocycles. The van der Waals surface area contributed by atoms with E-state index in [1.54, 1.807) is 72.8 Å². The lowest BCUT2D eigenvalue weighted by Gasteiger charge is -2.04. The molecule has 0 aliphatic carbocycles. The van der Waals surface area contributed by atoms with Crippen LogP contribution in [-0.2, 0) is 0 Å². The summed E-state index contributed by atoms with van der Waals surface area (Å²) in [5, 5.41) is 25.8. The van der Waals surface area contributed by atoms with Crippen molar-refractivity contribution in [2.24, 2.45) is 20.4 Å². The predicted octanol–water partition coefficient (Wildman–Crippen LogP) is 3.29. The average molecular weight is 529 g/mol. The molecule has 12 heteroatoms. The first kappa shape index (κ1) is 26.5. The summed E-state index contributed by atoms with van der Waals surface area (Å²) in [6.45, 7) is 0. The Balaban J connectivity index is 1.81. The van der Waals surface area contributed by atoms with E-state index >= 15 is 0 Å². The number of nitrogens with zero attached hydrogens (tertiary/aromatic N) is 4. The summed E-state index contributed by atoms with van der Waals surface area (Å²) < 4.78 is 15.4. The Bertz CT molecular complexity index is 1690. The fourth-order valence-electron chi connectivity index (χ4n) is 3.28. The molecule has 4 aromatic rings. The van der Waals surface area contributed by atoms with Gasteiger partial charge in [0.25, 0.3) is 0 Å². The topological polar surface area (TPSA) is 156 Å². The molecule has 0 atom stereocenters. The standard InChI is InChI=1S/C27H24N6O6/c1-37-19-10-4-16(5-11-19)28-31-22-25(34)23(32-29-17-6-12-20(38-2)13-7-17)27(36)24(26(22)35)33-30-18-8-14-21(39-3)15-9-18/h4-15,28-29,35H,1-3H3/b31-22-,32-23+,33-30?. The van der Waals surface area contributed by atoms with Gasteiger partial charge in [-0.1, -0.05) is 0 Å². The highest BCUT2D eigenvalue weighted by Crippen LogP contribution is 2.22. The zero-order valence-corrected chi connectivity index (χ0v) is 21.2. The Morgan fingerprint density at radius 3 is 1.49 bits per heavy atom. The Hall–Kier alpha value is -5.52. The van der Waals surface area contributed by atoms with Crippen LogP contribution < -0.4 is 46.6 Å². The average Bonchev–Trinajstić information content (AvgIpc) is 2.97. The lowest BCUT2D eigenvalue weighted by Crippen LogP contribution is -2.48. The third-order valence-corrected chi connectivity index (χ3v) is 5.42. The third-order valence-electron chi connectivity index (χ3n) is 5.42. The lowest BCUT2D eigenvalue weighted by atomic mass is 10.2. The molecule has 0 spiro atoms. The first-order valence-corrected chi connectivity index (χ1v) is 11.5. The van der Waals surface area contributed by atoms with Crippen molar-refractivity contribution in [3.8, 4) is 23.0 Å². The second kappa shape index (κ2) is 12.1. The zero-order chi connectivity index (χ0) is 27.8. The highest BCUT2D eigenvalue weighted by atomic mass is 16.5. The van der Waals surface area contributed by atoms with Crippen molar-refractivity contribution in [1.82, 2.24) is 0 Å². The molecule has 3 N–H and O–H groups in total. The quantitative estimate of drug-likeness (QED) is 0.221. The first-order chi connectivity index (χ1) is 18.9. The smallest absolute Gasteiger partial charge is 0.241 e. The molecule has 0 heterocycles. The minimum Gasteiger partial charge on any atom is -0.504 e. The van der Waals surface area contributed by atoms with Gasteiger partial charge < -0.3 is 19.3 Å². The van der Waals surface area contributed by atoms with Gasteiger partial charge in [0.2, 0.25) is 10.9 Å². The summed E-state index contributed by atoms with van der Waals surface area (Å²) in [5.74, 6) is 1.10. The number of aromatic hydroxyl groups is 1. The highest BCUT2D eigenvalue weighted by molar-refractivity contribution is 5.52. The minimum atomic E-state index is -0.931. The minimum absolute atomic E-state index is 0.380. The number of hydrogen-bond donors (Lipinski definition) is 3.